The number of para-hydroxylation sites is 2. The molecule has 6 nitrogen and oxygen atoms in total. The quantitative estimate of drug-likeness (QED) is 0.763. The number of ketones is 1. The normalized spacial score (nSPS) is 19.5. The van der Waals surface area contributed by atoms with Crippen molar-refractivity contribution < 1.29 is 19.1 Å². The summed E-state index contributed by atoms with van der Waals surface area (Å²) in [5, 5.41) is 2.94. The zero-order valence-electron chi connectivity index (χ0n) is 16.4. The second kappa shape index (κ2) is 9.09. The third kappa shape index (κ3) is 4.95. The van der Waals surface area contributed by atoms with E-state index < -0.39 is 0 Å². The summed E-state index contributed by atoms with van der Waals surface area (Å²) < 4.78 is 11.5. The summed E-state index contributed by atoms with van der Waals surface area (Å²) in [5.74, 6) is 1.68. The first-order chi connectivity index (χ1) is 14.2. The van der Waals surface area contributed by atoms with Gasteiger partial charge in [0, 0.05) is 11.5 Å². The molecule has 1 atom stereocenters. The Bertz CT molecular complexity index is 847. The van der Waals surface area contributed by atoms with Crippen molar-refractivity contribution in [2.75, 3.05) is 32.8 Å². The number of hydrogen-bond donors (Lipinski definition) is 1. The molecular weight excluding hydrogens is 368 g/mol. The lowest BCUT2D eigenvalue weighted by Gasteiger charge is -2.31. The van der Waals surface area contributed by atoms with Crippen molar-refractivity contribution in [2.45, 2.75) is 18.9 Å². The molecule has 0 bridgehead atoms. The standard InChI is InChI=1S/C23H26N2O4/c26-22(24-14-19-16-28-20-8-4-5-9-21(20)29-19)15-25-12-10-18(11-13-25)23(27)17-6-2-1-3-7-17/h1-9,18-19H,10-16H2,(H,24,26). The van der Waals surface area contributed by atoms with Crippen LogP contribution in [-0.4, -0.2) is 55.5 Å². The molecule has 0 radical (unpaired) electrons. The summed E-state index contributed by atoms with van der Waals surface area (Å²) in [6.07, 6.45) is 1.39. The minimum Gasteiger partial charge on any atom is -0.486 e. The monoisotopic (exact) mass is 394 g/mol. The fourth-order valence-corrected chi connectivity index (χ4v) is 3.84. The lowest BCUT2D eigenvalue weighted by Crippen LogP contribution is -2.46. The predicted octanol–water partition coefficient (Wildman–Crippen LogP) is 2.54. The number of Topliss-reactive ketones (excluding diaryl/α,β-unsaturated/α-hetero) is 1. The number of ether oxygens (including phenoxy) is 2. The molecule has 2 aromatic rings. The van der Waals surface area contributed by atoms with Gasteiger partial charge in [0.1, 0.15) is 12.7 Å². The fraction of sp³-hybridized carbons (Fsp3) is 0.391. The number of nitrogens with one attached hydrogen (secondary N) is 1. The van der Waals surface area contributed by atoms with Gasteiger partial charge in [0.2, 0.25) is 5.91 Å². The molecule has 6 heteroatoms. The minimum absolute atomic E-state index is 0.0275. The van der Waals surface area contributed by atoms with E-state index in [2.05, 4.69) is 10.2 Å². The Morgan fingerprint density at radius 3 is 2.41 bits per heavy atom. The molecule has 2 aromatic carbocycles. The number of likely N-dealkylation sites (tertiary alicyclic amines) is 1. The zero-order chi connectivity index (χ0) is 20.1. The van der Waals surface area contributed by atoms with E-state index in [0.717, 1.165) is 37.2 Å². The Morgan fingerprint density at radius 2 is 1.66 bits per heavy atom. The Labute approximate surface area is 170 Å². The molecule has 0 saturated carbocycles. The van der Waals surface area contributed by atoms with E-state index in [9.17, 15) is 9.59 Å². The Balaban J connectivity index is 1.18. The van der Waals surface area contributed by atoms with Crippen molar-refractivity contribution in [3.05, 3.63) is 60.2 Å². The van der Waals surface area contributed by atoms with Gasteiger partial charge in [-0.2, -0.15) is 0 Å². The number of hydrogen-bond acceptors (Lipinski definition) is 5. The van der Waals surface area contributed by atoms with Crippen LogP contribution in [0.3, 0.4) is 0 Å². The summed E-state index contributed by atoms with van der Waals surface area (Å²) >= 11 is 0. The Kier molecular flexibility index (Phi) is 6.10. The zero-order valence-corrected chi connectivity index (χ0v) is 16.4. The first-order valence-electron chi connectivity index (χ1n) is 10.2. The van der Waals surface area contributed by atoms with Gasteiger partial charge in [0.15, 0.2) is 17.3 Å². The number of rotatable bonds is 6. The van der Waals surface area contributed by atoms with Gasteiger partial charge in [0.25, 0.3) is 0 Å². The molecule has 1 amide bonds. The average molecular weight is 394 g/mol. The molecule has 0 aliphatic carbocycles. The number of benzene rings is 2. The maximum absolute atomic E-state index is 12.6. The van der Waals surface area contributed by atoms with Gasteiger partial charge in [-0.25, -0.2) is 0 Å². The molecule has 0 spiro atoms. The molecule has 1 saturated heterocycles. The van der Waals surface area contributed by atoms with E-state index in [0.29, 0.717) is 25.4 Å². The van der Waals surface area contributed by atoms with Crippen molar-refractivity contribution in [2.24, 2.45) is 5.92 Å². The van der Waals surface area contributed by atoms with Gasteiger partial charge >= 0.3 is 0 Å². The first-order valence-corrected chi connectivity index (χ1v) is 10.2. The summed E-state index contributed by atoms with van der Waals surface area (Å²) in [5.41, 5.74) is 0.778. The highest BCUT2D eigenvalue weighted by Crippen LogP contribution is 2.30. The van der Waals surface area contributed by atoms with E-state index >= 15 is 0 Å². The maximum Gasteiger partial charge on any atom is 0.234 e. The Morgan fingerprint density at radius 1 is 0.966 bits per heavy atom. The van der Waals surface area contributed by atoms with Crippen LogP contribution in [0.25, 0.3) is 0 Å². The van der Waals surface area contributed by atoms with Crippen molar-refractivity contribution in [1.82, 2.24) is 10.2 Å². The maximum atomic E-state index is 12.6. The Hall–Kier alpha value is -2.86. The summed E-state index contributed by atoms with van der Waals surface area (Å²) in [6.45, 7) is 2.69. The molecular formula is C23H26N2O4. The van der Waals surface area contributed by atoms with Gasteiger partial charge in [0.05, 0.1) is 13.1 Å². The molecule has 152 valence electrons. The molecule has 1 fully saturated rings. The van der Waals surface area contributed by atoms with Crippen LogP contribution in [0.2, 0.25) is 0 Å². The SMILES string of the molecule is O=C(CN1CCC(C(=O)c2ccccc2)CC1)NCC1COc2ccccc2O1. The van der Waals surface area contributed by atoms with E-state index in [1.807, 2.05) is 54.6 Å². The van der Waals surface area contributed by atoms with Crippen molar-refractivity contribution in [3.8, 4) is 11.5 Å². The molecule has 1 unspecified atom stereocenters. The van der Waals surface area contributed by atoms with E-state index in [4.69, 9.17) is 9.47 Å². The number of nitrogens with zero attached hydrogens (tertiary/aromatic N) is 1. The number of carbonyl (C=O) groups is 2. The smallest absolute Gasteiger partial charge is 0.234 e. The van der Waals surface area contributed by atoms with Crippen LogP contribution in [0, 0.1) is 5.92 Å². The van der Waals surface area contributed by atoms with Gasteiger partial charge in [-0.1, -0.05) is 42.5 Å². The molecule has 4 rings (SSSR count). The van der Waals surface area contributed by atoms with Crippen LogP contribution in [-0.2, 0) is 4.79 Å². The van der Waals surface area contributed by atoms with E-state index in [1.165, 1.54) is 0 Å². The molecule has 2 heterocycles. The van der Waals surface area contributed by atoms with E-state index in [1.54, 1.807) is 0 Å². The highest BCUT2D eigenvalue weighted by atomic mass is 16.6. The minimum atomic E-state index is -0.192. The predicted molar refractivity (Wildman–Crippen MR) is 109 cm³/mol. The second-order valence-electron chi connectivity index (χ2n) is 7.58. The van der Waals surface area contributed by atoms with Gasteiger partial charge in [-0.3, -0.25) is 14.5 Å². The summed E-state index contributed by atoms with van der Waals surface area (Å²) in [6, 6.07) is 17.0. The number of amides is 1. The molecule has 1 N–H and O–H groups in total. The second-order valence-corrected chi connectivity index (χ2v) is 7.58. The van der Waals surface area contributed by atoms with Crippen LogP contribution >= 0.6 is 0 Å². The lowest BCUT2D eigenvalue weighted by molar-refractivity contribution is -0.123. The number of fused-ring (bicyclic) bond motifs is 1. The number of piperidine rings is 1. The highest BCUT2D eigenvalue weighted by molar-refractivity contribution is 5.97. The van der Waals surface area contributed by atoms with Crippen molar-refractivity contribution in [3.63, 3.8) is 0 Å². The topological polar surface area (TPSA) is 67.9 Å². The van der Waals surface area contributed by atoms with Crippen molar-refractivity contribution in [1.29, 1.82) is 0 Å². The van der Waals surface area contributed by atoms with Gasteiger partial charge in [-0.15, -0.1) is 0 Å². The summed E-state index contributed by atoms with van der Waals surface area (Å²) in [7, 11) is 0. The van der Waals surface area contributed by atoms with Gasteiger partial charge in [-0.05, 0) is 38.1 Å². The van der Waals surface area contributed by atoms with Crippen molar-refractivity contribution >= 4 is 11.7 Å². The molecule has 2 aliphatic heterocycles. The van der Waals surface area contributed by atoms with Crippen LogP contribution < -0.4 is 14.8 Å². The third-order valence-electron chi connectivity index (χ3n) is 5.48. The van der Waals surface area contributed by atoms with Gasteiger partial charge < -0.3 is 14.8 Å². The molecule has 2 aliphatic rings. The van der Waals surface area contributed by atoms with Crippen LogP contribution in [0.4, 0.5) is 0 Å². The van der Waals surface area contributed by atoms with Crippen LogP contribution in [0.15, 0.2) is 54.6 Å². The highest BCUT2D eigenvalue weighted by Gasteiger charge is 2.27. The fourth-order valence-electron chi connectivity index (χ4n) is 3.84. The first kappa shape index (κ1) is 19.5. The average Bonchev–Trinajstić information content (AvgIpc) is 2.78. The molecule has 29 heavy (non-hydrogen) atoms. The van der Waals surface area contributed by atoms with E-state index in [-0.39, 0.29) is 23.7 Å². The van der Waals surface area contributed by atoms with Crippen LogP contribution in [0.5, 0.6) is 11.5 Å². The summed E-state index contributed by atoms with van der Waals surface area (Å²) in [4.78, 5) is 27.0. The lowest BCUT2D eigenvalue weighted by atomic mass is 9.89. The molecule has 0 aromatic heterocycles. The largest absolute Gasteiger partial charge is 0.486 e. The number of carbonyl (C=O) groups excluding carboxylic acids is 2. The van der Waals surface area contributed by atoms with Crippen LogP contribution in [0.1, 0.15) is 23.2 Å². The third-order valence-corrected chi connectivity index (χ3v) is 5.48.